The summed E-state index contributed by atoms with van der Waals surface area (Å²) >= 11 is 0. The number of nitrogen functional groups attached to an aromatic ring is 2. The molecule has 0 saturated carbocycles. The SMILES string of the molecule is N=Nc1c(N)ccnc1N. The van der Waals surface area contributed by atoms with E-state index in [1.165, 1.54) is 6.20 Å². The molecule has 5 nitrogen and oxygen atoms in total. The van der Waals surface area contributed by atoms with E-state index in [9.17, 15) is 0 Å². The molecule has 52 valence electrons. The maximum atomic E-state index is 6.65. The quantitative estimate of drug-likeness (QED) is 0.501. The number of nitrogens with zero attached hydrogens (tertiary/aromatic N) is 2. The molecule has 10 heavy (non-hydrogen) atoms. The number of pyridine rings is 1. The molecule has 0 radical (unpaired) electrons. The molecular weight excluding hydrogens is 130 g/mol. The van der Waals surface area contributed by atoms with Gasteiger partial charge in [0, 0.05) is 6.20 Å². The van der Waals surface area contributed by atoms with E-state index in [2.05, 4.69) is 10.1 Å². The summed E-state index contributed by atoms with van der Waals surface area (Å²) in [6.45, 7) is 0. The number of anilines is 2. The Morgan fingerprint density at radius 3 is 2.60 bits per heavy atom. The molecule has 5 heteroatoms. The molecule has 1 rings (SSSR count). The summed E-state index contributed by atoms with van der Waals surface area (Å²) in [7, 11) is 0. The van der Waals surface area contributed by atoms with E-state index in [1.807, 2.05) is 0 Å². The van der Waals surface area contributed by atoms with Gasteiger partial charge in [0.15, 0.2) is 5.82 Å². The summed E-state index contributed by atoms with van der Waals surface area (Å²) in [5, 5.41) is 3.11. The summed E-state index contributed by atoms with van der Waals surface area (Å²) in [5.74, 6) is 0.190. The highest BCUT2D eigenvalue weighted by atomic mass is 15.0. The van der Waals surface area contributed by atoms with Crippen LogP contribution in [0.5, 0.6) is 0 Å². The molecule has 0 spiro atoms. The lowest BCUT2D eigenvalue weighted by atomic mass is 10.3. The highest BCUT2D eigenvalue weighted by Crippen LogP contribution is 2.25. The van der Waals surface area contributed by atoms with Crippen LogP contribution < -0.4 is 11.5 Å². The van der Waals surface area contributed by atoms with Gasteiger partial charge < -0.3 is 11.5 Å². The van der Waals surface area contributed by atoms with Gasteiger partial charge in [0.05, 0.1) is 5.69 Å². The Bertz CT molecular complexity index is 236. The molecule has 0 saturated heterocycles. The van der Waals surface area contributed by atoms with Crippen molar-refractivity contribution in [3.05, 3.63) is 12.3 Å². The lowest BCUT2D eigenvalue weighted by Gasteiger charge is -1.98. The van der Waals surface area contributed by atoms with Crippen molar-refractivity contribution < 1.29 is 0 Å². The Morgan fingerprint density at radius 1 is 1.50 bits per heavy atom. The molecule has 0 fully saturated rings. The van der Waals surface area contributed by atoms with E-state index in [1.54, 1.807) is 6.07 Å². The average Bonchev–Trinajstić information content (AvgIpc) is 1.88. The normalized spacial score (nSPS) is 9.20. The maximum absolute atomic E-state index is 6.65. The minimum absolute atomic E-state index is 0.190. The predicted molar refractivity (Wildman–Crippen MR) is 37.9 cm³/mol. The van der Waals surface area contributed by atoms with Crippen molar-refractivity contribution in [2.75, 3.05) is 11.5 Å². The highest BCUT2D eigenvalue weighted by Gasteiger charge is 2.00. The Labute approximate surface area is 57.6 Å². The number of nitrogens with two attached hydrogens (primary N) is 2. The van der Waals surface area contributed by atoms with E-state index in [0.29, 0.717) is 5.69 Å². The average molecular weight is 137 g/mol. The third-order valence-electron chi connectivity index (χ3n) is 1.10. The van der Waals surface area contributed by atoms with Crippen molar-refractivity contribution in [3.8, 4) is 0 Å². The topological polar surface area (TPSA) is 101 Å². The van der Waals surface area contributed by atoms with E-state index in [-0.39, 0.29) is 11.5 Å². The molecule has 0 aromatic carbocycles. The molecule has 0 amide bonds. The Morgan fingerprint density at radius 2 is 2.20 bits per heavy atom. The Hall–Kier alpha value is -1.65. The fourth-order valence-corrected chi connectivity index (χ4v) is 0.608. The third kappa shape index (κ3) is 0.883. The molecule has 1 aromatic rings. The minimum Gasteiger partial charge on any atom is -0.397 e. The van der Waals surface area contributed by atoms with E-state index < -0.39 is 0 Å². The molecule has 1 heterocycles. The van der Waals surface area contributed by atoms with E-state index in [4.69, 9.17) is 17.0 Å². The number of nitrogens with one attached hydrogen (secondary N) is 1. The van der Waals surface area contributed by atoms with Crippen LogP contribution in [-0.4, -0.2) is 4.98 Å². The van der Waals surface area contributed by atoms with E-state index >= 15 is 0 Å². The summed E-state index contributed by atoms with van der Waals surface area (Å²) in [6, 6.07) is 1.55. The molecule has 0 atom stereocenters. The largest absolute Gasteiger partial charge is 0.397 e. The van der Waals surface area contributed by atoms with Gasteiger partial charge in [-0.3, -0.25) is 0 Å². The second-order valence-corrected chi connectivity index (χ2v) is 1.75. The third-order valence-corrected chi connectivity index (χ3v) is 1.10. The number of aromatic nitrogens is 1. The summed E-state index contributed by atoms with van der Waals surface area (Å²) in [5.41, 5.74) is 18.0. The number of rotatable bonds is 1. The summed E-state index contributed by atoms with van der Waals surface area (Å²) < 4.78 is 0. The van der Waals surface area contributed by atoms with Gasteiger partial charge in [-0.15, -0.1) is 0 Å². The Kier molecular flexibility index (Phi) is 1.49. The molecular formula is C5H7N5. The lowest BCUT2D eigenvalue weighted by molar-refractivity contribution is 1.14. The van der Waals surface area contributed by atoms with Crippen LogP contribution in [0.1, 0.15) is 0 Å². The van der Waals surface area contributed by atoms with Gasteiger partial charge in [0.2, 0.25) is 0 Å². The first kappa shape index (κ1) is 6.47. The molecule has 0 aliphatic heterocycles. The summed E-state index contributed by atoms with van der Waals surface area (Å²) in [4.78, 5) is 3.69. The second-order valence-electron chi connectivity index (χ2n) is 1.75. The van der Waals surface area contributed by atoms with Crippen LogP contribution in [0.25, 0.3) is 0 Å². The van der Waals surface area contributed by atoms with Crippen LogP contribution in [-0.2, 0) is 0 Å². The zero-order chi connectivity index (χ0) is 7.56. The smallest absolute Gasteiger partial charge is 0.153 e. The monoisotopic (exact) mass is 137 g/mol. The van der Waals surface area contributed by atoms with E-state index in [0.717, 1.165) is 0 Å². The van der Waals surface area contributed by atoms with Crippen molar-refractivity contribution in [3.63, 3.8) is 0 Å². The highest BCUT2D eigenvalue weighted by molar-refractivity contribution is 5.72. The first-order valence-electron chi connectivity index (χ1n) is 2.63. The zero-order valence-electron chi connectivity index (χ0n) is 5.20. The van der Waals surface area contributed by atoms with Crippen LogP contribution in [0.3, 0.4) is 0 Å². The van der Waals surface area contributed by atoms with Gasteiger partial charge in [-0.05, 0) is 6.07 Å². The molecule has 0 aliphatic rings. The van der Waals surface area contributed by atoms with Crippen LogP contribution >= 0.6 is 0 Å². The second kappa shape index (κ2) is 2.30. The fraction of sp³-hybridized carbons (Fsp3) is 0. The van der Waals surface area contributed by atoms with Gasteiger partial charge in [-0.1, -0.05) is 0 Å². The predicted octanol–water partition coefficient (Wildman–Crippen LogP) is 0.908. The fourth-order valence-electron chi connectivity index (χ4n) is 0.608. The molecule has 0 bridgehead atoms. The Balaban J connectivity index is 3.30. The van der Waals surface area contributed by atoms with Crippen molar-refractivity contribution in [2.24, 2.45) is 5.11 Å². The van der Waals surface area contributed by atoms with Crippen LogP contribution in [0.15, 0.2) is 17.4 Å². The number of hydrogen-bond acceptors (Lipinski definition) is 5. The standard InChI is InChI=1S/C5H7N5/c6-3-1-2-9-5(7)4(3)10-8/h1-2,8H,(H4,6,7,9). The van der Waals surface area contributed by atoms with Crippen molar-refractivity contribution in [1.29, 1.82) is 5.53 Å². The zero-order valence-corrected chi connectivity index (χ0v) is 5.20. The van der Waals surface area contributed by atoms with Gasteiger partial charge in [-0.2, -0.15) is 5.11 Å². The number of hydrogen-bond donors (Lipinski definition) is 3. The summed E-state index contributed by atoms with van der Waals surface area (Å²) in [6.07, 6.45) is 1.47. The molecule has 0 unspecified atom stereocenters. The lowest BCUT2D eigenvalue weighted by Crippen LogP contribution is -1.93. The molecule has 0 aliphatic carbocycles. The minimum atomic E-state index is 0.190. The van der Waals surface area contributed by atoms with Crippen molar-refractivity contribution in [1.82, 2.24) is 4.98 Å². The molecule has 5 N–H and O–H groups in total. The van der Waals surface area contributed by atoms with Crippen molar-refractivity contribution in [2.45, 2.75) is 0 Å². The van der Waals surface area contributed by atoms with Crippen LogP contribution in [0, 0.1) is 5.53 Å². The van der Waals surface area contributed by atoms with Gasteiger partial charge in [-0.25, -0.2) is 10.5 Å². The maximum Gasteiger partial charge on any atom is 0.153 e. The van der Waals surface area contributed by atoms with Gasteiger partial charge in [0.25, 0.3) is 0 Å². The first-order chi connectivity index (χ1) is 4.75. The van der Waals surface area contributed by atoms with Crippen molar-refractivity contribution >= 4 is 17.2 Å². The molecule has 1 aromatic heterocycles. The van der Waals surface area contributed by atoms with Crippen LogP contribution in [0.4, 0.5) is 17.2 Å². The van der Waals surface area contributed by atoms with Gasteiger partial charge >= 0.3 is 0 Å². The first-order valence-corrected chi connectivity index (χ1v) is 2.63. The van der Waals surface area contributed by atoms with Crippen LogP contribution in [0.2, 0.25) is 0 Å². The van der Waals surface area contributed by atoms with Gasteiger partial charge in [0.1, 0.15) is 5.69 Å².